The SMILES string of the molecule is CC(C)OC(=O)c1c(NC(=O)COC(=O)c2ccccc2F)sc2c1CCCC2. The minimum Gasteiger partial charge on any atom is -0.459 e. The first-order valence-electron chi connectivity index (χ1n) is 9.43. The minimum atomic E-state index is -0.928. The van der Waals surface area contributed by atoms with Gasteiger partial charge in [0.25, 0.3) is 5.91 Å². The molecule has 0 aliphatic heterocycles. The van der Waals surface area contributed by atoms with Crippen molar-refractivity contribution in [2.75, 3.05) is 11.9 Å². The number of amides is 1. The summed E-state index contributed by atoms with van der Waals surface area (Å²) in [7, 11) is 0. The van der Waals surface area contributed by atoms with Crippen molar-refractivity contribution in [3.05, 3.63) is 51.7 Å². The van der Waals surface area contributed by atoms with Crippen molar-refractivity contribution < 1.29 is 28.2 Å². The second-order valence-corrected chi connectivity index (χ2v) is 8.08. The maximum atomic E-state index is 13.6. The van der Waals surface area contributed by atoms with Crippen LogP contribution in [0.3, 0.4) is 0 Å². The highest BCUT2D eigenvalue weighted by molar-refractivity contribution is 7.17. The molecule has 0 saturated carbocycles. The zero-order valence-electron chi connectivity index (χ0n) is 16.2. The molecular formula is C21H22FNO5S. The van der Waals surface area contributed by atoms with Gasteiger partial charge in [0, 0.05) is 4.88 Å². The van der Waals surface area contributed by atoms with Gasteiger partial charge >= 0.3 is 11.9 Å². The Hall–Kier alpha value is -2.74. The van der Waals surface area contributed by atoms with Gasteiger partial charge in [0.1, 0.15) is 10.8 Å². The number of fused-ring (bicyclic) bond motifs is 1. The molecule has 0 saturated heterocycles. The van der Waals surface area contributed by atoms with Crippen molar-refractivity contribution in [2.45, 2.75) is 45.6 Å². The van der Waals surface area contributed by atoms with E-state index < -0.39 is 30.3 Å². The summed E-state index contributed by atoms with van der Waals surface area (Å²) >= 11 is 1.35. The van der Waals surface area contributed by atoms with Crippen LogP contribution in [0.25, 0.3) is 0 Å². The van der Waals surface area contributed by atoms with E-state index in [1.807, 2.05) is 0 Å². The largest absolute Gasteiger partial charge is 0.459 e. The summed E-state index contributed by atoms with van der Waals surface area (Å²) in [5, 5.41) is 3.05. The van der Waals surface area contributed by atoms with Gasteiger partial charge in [-0.15, -0.1) is 11.3 Å². The normalized spacial score (nSPS) is 13.0. The number of halogens is 1. The first kappa shape index (κ1) is 21.0. The average Bonchev–Trinajstić information content (AvgIpc) is 3.03. The molecule has 0 radical (unpaired) electrons. The third kappa shape index (κ3) is 5.00. The van der Waals surface area contributed by atoms with Gasteiger partial charge in [-0.25, -0.2) is 14.0 Å². The molecule has 3 rings (SSSR count). The minimum absolute atomic E-state index is 0.243. The molecule has 29 heavy (non-hydrogen) atoms. The van der Waals surface area contributed by atoms with Crippen LogP contribution in [0.1, 0.15) is 57.8 Å². The lowest BCUT2D eigenvalue weighted by Gasteiger charge is -2.14. The lowest BCUT2D eigenvalue weighted by Crippen LogP contribution is -2.22. The third-order valence-electron chi connectivity index (χ3n) is 4.40. The van der Waals surface area contributed by atoms with E-state index >= 15 is 0 Å². The molecule has 1 aliphatic carbocycles. The molecule has 1 heterocycles. The zero-order valence-corrected chi connectivity index (χ0v) is 17.1. The number of benzene rings is 1. The van der Waals surface area contributed by atoms with Crippen molar-refractivity contribution in [2.24, 2.45) is 0 Å². The summed E-state index contributed by atoms with van der Waals surface area (Å²) in [6.45, 7) is 2.93. The molecule has 0 spiro atoms. The number of carbonyl (C=O) groups excluding carboxylic acids is 3. The fraction of sp³-hybridized carbons (Fsp3) is 0.381. The predicted molar refractivity (Wildman–Crippen MR) is 107 cm³/mol. The first-order chi connectivity index (χ1) is 13.9. The molecule has 2 aromatic rings. The smallest absolute Gasteiger partial charge is 0.341 e. The monoisotopic (exact) mass is 419 g/mol. The third-order valence-corrected chi connectivity index (χ3v) is 5.61. The fourth-order valence-electron chi connectivity index (χ4n) is 3.14. The van der Waals surface area contributed by atoms with Crippen molar-refractivity contribution in [1.29, 1.82) is 0 Å². The van der Waals surface area contributed by atoms with E-state index in [1.165, 1.54) is 29.5 Å². The lowest BCUT2D eigenvalue weighted by molar-refractivity contribution is -0.119. The van der Waals surface area contributed by atoms with Crippen LogP contribution in [0.15, 0.2) is 24.3 Å². The molecule has 0 unspecified atom stereocenters. The summed E-state index contributed by atoms with van der Waals surface area (Å²) in [6.07, 6.45) is 3.32. The van der Waals surface area contributed by atoms with Crippen LogP contribution in [0.4, 0.5) is 9.39 Å². The van der Waals surface area contributed by atoms with Gasteiger partial charge in [0.05, 0.1) is 17.2 Å². The van der Waals surface area contributed by atoms with Gasteiger partial charge < -0.3 is 14.8 Å². The number of anilines is 1. The molecule has 1 aromatic heterocycles. The van der Waals surface area contributed by atoms with Crippen LogP contribution in [0.5, 0.6) is 0 Å². The van der Waals surface area contributed by atoms with Gasteiger partial charge in [-0.05, 0) is 57.2 Å². The van der Waals surface area contributed by atoms with Gasteiger partial charge in [0.2, 0.25) is 0 Å². The number of thiophene rings is 1. The molecule has 0 bridgehead atoms. The van der Waals surface area contributed by atoms with Gasteiger partial charge in [0.15, 0.2) is 6.61 Å². The number of aryl methyl sites for hydroxylation is 1. The van der Waals surface area contributed by atoms with E-state index in [1.54, 1.807) is 13.8 Å². The molecule has 1 amide bonds. The van der Waals surface area contributed by atoms with Gasteiger partial charge in [-0.1, -0.05) is 12.1 Å². The summed E-state index contributed by atoms with van der Waals surface area (Å²) < 4.78 is 23.9. The van der Waals surface area contributed by atoms with Crippen molar-refractivity contribution in [1.82, 2.24) is 0 Å². The highest BCUT2D eigenvalue weighted by Crippen LogP contribution is 2.38. The van der Waals surface area contributed by atoms with Gasteiger partial charge in [-0.3, -0.25) is 4.79 Å². The Balaban J connectivity index is 1.71. The Labute approximate surface area is 172 Å². The predicted octanol–water partition coefficient (Wildman–Crippen LogP) is 4.13. The van der Waals surface area contributed by atoms with E-state index in [0.717, 1.165) is 42.2 Å². The van der Waals surface area contributed by atoms with Crippen LogP contribution in [-0.4, -0.2) is 30.6 Å². The molecule has 154 valence electrons. The van der Waals surface area contributed by atoms with Crippen molar-refractivity contribution >= 4 is 34.2 Å². The number of esters is 2. The molecule has 1 N–H and O–H groups in total. The highest BCUT2D eigenvalue weighted by Gasteiger charge is 2.28. The van der Waals surface area contributed by atoms with Crippen LogP contribution < -0.4 is 5.32 Å². The van der Waals surface area contributed by atoms with E-state index in [4.69, 9.17) is 9.47 Å². The highest BCUT2D eigenvalue weighted by atomic mass is 32.1. The van der Waals surface area contributed by atoms with Crippen molar-refractivity contribution in [3.8, 4) is 0 Å². The van der Waals surface area contributed by atoms with Crippen LogP contribution >= 0.6 is 11.3 Å². The maximum absolute atomic E-state index is 13.6. The summed E-state index contributed by atoms with van der Waals surface area (Å²) in [5.41, 5.74) is 1.06. The number of carbonyl (C=O) groups is 3. The Morgan fingerprint density at radius 3 is 2.59 bits per heavy atom. The average molecular weight is 419 g/mol. The summed E-state index contributed by atoms with van der Waals surface area (Å²) in [5.74, 6) is -2.73. The lowest BCUT2D eigenvalue weighted by atomic mass is 9.95. The molecular weight excluding hydrogens is 397 g/mol. The summed E-state index contributed by atoms with van der Waals surface area (Å²) in [4.78, 5) is 37.9. The Morgan fingerprint density at radius 1 is 1.14 bits per heavy atom. The van der Waals surface area contributed by atoms with Crippen molar-refractivity contribution in [3.63, 3.8) is 0 Å². The number of rotatable bonds is 6. The Bertz CT molecular complexity index is 937. The van der Waals surface area contributed by atoms with E-state index in [9.17, 15) is 18.8 Å². The van der Waals surface area contributed by atoms with Gasteiger partial charge in [-0.2, -0.15) is 0 Å². The molecule has 1 aliphatic rings. The van der Waals surface area contributed by atoms with E-state index in [2.05, 4.69) is 5.32 Å². The van der Waals surface area contributed by atoms with Crippen LogP contribution in [0.2, 0.25) is 0 Å². The molecule has 0 atom stereocenters. The number of nitrogens with one attached hydrogen (secondary N) is 1. The Morgan fingerprint density at radius 2 is 1.86 bits per heavy atom. The zero-order chi connectivity index (χ0) is 21.0. The fourth-order valence-corrected chi connectivity index (χ4v) is 4.43. The number of hydrogen-bond acceptors (Lipinski definition) is 6. The molecule has 1 aromatic carbocycles. The first-order valence-corrected chi connectivity index (χ1v) is 10.3. The Kier molecular flexibility index (Phi) is 6.64. The second kappa shape index (κ2) is 9.17. The van der Waals surface area contributed by atoms with Crippen LogP contribution in [0, 0.1) is 5.82 Å². The standard InChI is InChI=1S/C21H22FNO5S/c1-12(2)28-21(26)18-14-8-4-6-10-16(14)29-19(18)23-17(24)11-27-20(25)13-7-3-5-9-15(13)22/h3,5,7,9,12H,4,6,8,10-11H2,1-2H3,(H,23,24). The topological polar surface area (TPSA) is 81.7 Å². The van der Waals surface area contributed by atoms with E-state index in [-0.39, 0.29) is 11.7 Å². The van der Waals surface area contributed by atoms with Crippen LogP contribution in [-0.2, 0) is 27.1 Å². The van der Waals surface area contributed by atoms with E-state index in [0.29, 0.717) is 10.6 Å². The number of ether oxygens (including phenoxy) is 2. The summed E-state index contributed by atoms with van der Waals surface area (Å²) in [6, 6.07) is 5.38. The molecule has 8 heteroatoms. The number of hydrogen-bond donors (Lipinski definition) is 1. The maximum Gasteiger partial charge on any atom is 0.341 e. The second-order valence-electron chi connectivity index (χ2n) is 6.97. The quantitative estimate of drug-likeness (QED) is 0.712. The molecule has 6 nitrogen and oxygen atoms in total. The molecule has 0 fully saturated rings.